The summed E-state index contributed by atoms with van der Waals surface area (Å²) in [6.07, 6.45) is 1.63. The lowest BCUT2D eigenvalue weighted by Crippen LogP contribution is -2.00. The summed E-state index contributed by atoms with van der Waals surface area (Å²) in [5.41, 5.74) is 8.60. The Hall–Kier alpha value is -1.49. The van der Waals surface area contributed by atoms with Gasteiger partial charge in [-0.05, 0) is 40.5 Å². The minimum absolute atomic E-state index is 0.599. The molecule has 1 heterocycles. The van der Waals surface area contributed by atoms with E-state index in [0.717, 1.165) is 27.2 Å². The highest BCUT2D eigenvalue weighted by Gasteiger charge is 2.04. The van der Waals surface area contributed by atoms with E-state index in [1.54, 1.807) is 6.20 Å². The van der Waals surface area contributed by atoms with Crippen molar-refractivity contribution in [1.82, 2.24) is 5.16 Å². The molecule has 0 amide bonds. The molecule has 0 radical (unpaired) electrons. The number of hydrogen-bond acceptors (Lipinski definition) is 4. The van der Waals surface area contributed by atoms with E-state index in [-0.39, 0.29) is 0 Å². The van der Waals surface area contributed by atoms with Gasteiger partial charge < -0.3 is 15.6 Å². The molecule has 3 N–H and O–H groups in total. The number of nitrogens with two attached hydrogens (primary N) is 1. The van der Waals surface area contributed by atoms with Crippen LogP contribution < -0.4 is 11.1 Å². The topological polar surface area (TPSA) is 64.1 Å². The summed E-state index contributed by atoms with van der Waals surface area (Å²) in [5, 5.41) is 6.89. The summed E-state index contributed by atoms with van der Waals surface area (Å²) in [4.78, 5) is 0. The van der Waals surface area contributed by atoms with Crippen molar-refractivity contribution in [3.8, 4) is 0 Å². The Morgan fingerprint density at radius 1 is 1.50 bits per heavy atom. The maximum atomic E-state index is 5.79. The predicted molar refractivity (Wildman–Crippen MR) is 67.1 cm³/mol. The SMILES string of the molecule is Cc1cc(NCc2ccno2)c(Br)cc1N. The second-order valence-electron chi connectivity index (χ2n) is 3.52. The summed E-state index contributed by atoms with van der Waals surface area (Å²) < 4.78 is 5.94. The molecular weight excluding hydrogens is 270 g/mol. The van der Waals surface area contributed by atoms with Crippen LogP contribution in [0.25, 0.3) is 0 Å². The maximum absolute atomic E-state index is 5.79. The molecule has 0 bridgehead atoms. The van der Waals surface area contributed by atoms with Crippen LogP contribution in [0.15, 0.2) is 33.4 Å². The molecule has 84 valence electrons. The number of halogens is 1. The Morgan fingerprint density at radius 3 is 3.00 bits per heavy atom. The molecule has 0 aliphatic heterocycles. The summed E-state index contributed by atoms with van der Waals surface area (Å²) in [6.45, 7) is 2.57. The second-order valence-corrected chi connectivity index (χ2v) is 4.38. The number of anilines is 2. The first kappa shape index (κ1) is 11.0. The third-order valence-corrected chi connectivity index (χ3v) is 2.96. The fourth-order valence-electron chi connectivity index (χ4n) is 1.35. The van der Waals surface area contributed by atoms with Crippen molar-refractivity contribution in [3.05, 3.63) is 40.2 Å². The van der Waals surface area contributed by atoms with Crippen LogP contribution in [0.2, 0.25) is 0 Å². The molecule has 0 aliphatic carbocycles. The second kappa shape index (κ2) is 4.57. The molecule has 0 saturated carbocycles. The van der Waals surface area contributed by atoms with E-state index in [0.29, 0.717) is 6.54 Å². The number of aryl methyl sites for hydroxylation is 1. The van der Waals surface area contributed by atoms with Gasteiger partial charge in [-0.2, -0.15) is 0 Å². The fraction of sp³-hybridized carbons (Fsp3) is 0.182. The molecule has 0 fully saturated rings. The zero-order valence-electron chi connectivity index (χ0n) is 8.83. The molecular formula is C11H12BrN3O. The Morgan fingerprint density at radius 2 is 2.31 bits per heavy atom. The highest BCUT2D eigenvalue weighted by molar-refractivity contribution is 9.10. The summed E-state index contributed by atoms with van der Waals surface area (Å²) in [5.74, 6) is 0.793. The molecule has 4 nitrogen and oxygen atoms in total. The molecule has 16 heavy (non-hydrogen) atoms. The van der Waals surface area contributed by atoms with E-state index < -0.39 is 0 Å². The van der Waals surface area contributed by atoms with Gasteiger partial charge in [-0.25, -0.2) is 0 Å². The minimum atomic E-state index is 0.599. The molecule has 1 aromatic heterocycles. The molecule has 0 saturated heterocycles. The molecule has 1 aromatic carbocycles. The normalized spacial score (nSPS) is 10.4. The van der Waals surface area contributed by atoms with Gasteiger partial charge in [0.05, 0.1) is 12.7 Å². The lowest BCUT2D eigenvalue weighted by atomic mass is 10.2. The van der Waals surface area contributed by atoms with E-state index in [4.69, 9.17) is 10.3 Å². The standard InChI is InChI=1S/C11H12BrN3O/c1-7-4-11(9(12)5-10(7)13)14-6-8-2-3-15-16-8/h2-5,14H,6,13H2,1H3. The van der Waals surface area contributed by atoms with Gasteiger partial charge in [0.2, 0.25) is 0 Å². The van der Waals surface area contributed by atoms with Crippen LogP contribution >= 0.6 is 15.9 Å². The first-order chi connectivity index (χ1) is 7.66. The Balaban J connectivity index is 2.12. The third kappa shape index (κ3) is 2.36. The van der Waals surface area contributed by atoms with E-state index >= 15 is 0 Å². The van der Waals surface area contributed by atoms with Crippen molar-refractivity contribution in [2.24, 2.45) is 0 Å². The number of aromatic nitrogens is 1. The zero-order chi connectivity index (χ0) is 11.5. The molecule has 2 aromatic rings. The van der Waals surface area contributed by atoms with Crippen molar-refractivity contribution < 1.29 is 4.52 Å². The van der Waals surface area contributed by atoms with Crippen molar-refractivity contribution in [2.75, 3.05) is 11.1 Å². The van der Waals surface area contributed by atoms with Gasteiger partial charge in [-0.15, -0.1) is 0 Å². The van der Waals surface area contributed by atoms with E-state index in [9.17, 15) is 0 Å². The van der Waals surface area contributed by atoms with Crippen LogP contribution in [0.4, 0.5) is 11.4 Å². The number of nitrogen functional groups attached to an aromatic ring is 1. The molecule has 0 spiro atoms. The molecule has 0 unspecified atom stereocenters. The van der Waals surface area contributed by atoms with Gasteiger partial charge in [-0.3, -0.25) is 0 Å². The summed E-state index contributed by atoms with van der Waals surface area (Å²) >= 11 is 3.46. The number of nitrogens with one attached hydrogen (secondary N) is 1. The smallest absolute Gasteiger partial charge is 0.155 e. The summed E-state index contributed by atoms with van der Waals surface area (Å²) in [7, 11) is 0. The van der Waals surface area contributed by atoms with Crippen molar-refractivity contribution in [2.45, 2.75) is 13.5 Å². The van der Waals surface area contributed by atoms with Crippen LogP contribution in [0.5, 0.6) is 0 Å². The van der Waals surface area contributed by atoms with Gasteiger partial charge in [0.1, 0.15) is 0 Å². The quantitative estimate of drug-likeness (QED) is 0.849. The number of nitrogens with zero attached hydrogens (tertiary/aromatic N) is 1. The molecule has 2 rings (SSSR count). The third-order valence-electron chi connectivity index (χ3n) is 2.30. The minimum Gasteiger partial charge on any atom is -0.398 e. The Labute approximate surface area is 102 Å². The van der Waals surface area contributed by atoms with E-state index in [1.165, 1.54) is 0 Å². The highest BCUT2D eigenvalue weighted by atomic mass is 79.9. The number of hydrogen-bond donors (Lipinski definition) is 2. The highest BCUT2D eigenvalue weighted by Crippen LogP contribution is 2.28. The first-order valence-electron chi connectivity index (χ1n) is 4.86. The number of rotatable bonds is 3. The predicted octanol–water partition coefficient (Wildman–Crippen LogP) is 2.94. The van der Waals surface area contributed by atoms with Gasteiger partial charge >= 0.3 is 0 Å². The first-order valence-corrected chi connectivity index (χ1v) is 5.65. The van der Waals surface area contributed by atoms with Crippen LogP contribution in [-0.4, -0.2) is 5.16 Å². The van der Waals surface area contributed by atoms with Crippen molar-refractivity contribution >= 4 is 27.3 Å². The molecule has 0 aliphatic rings. The van der Waals surface area contributed by atoms with Gasteiger partial charge in [-0.1, -0.05) is 5.16 Å². The Kier molecular flexibility index (Phi) is 3.14. The van der Waals surface area contributed by atoms with Crippen LogP contribution in [0, 0.1) is 6.92 Å². The lowest BCUT2D eigenvalue weighted by molar-refractivity contribution is 0.388. The maximum Gasteiger partial charge on any atom is 0.155 e. The van der Waals surface area contributed by atoms with Gasteiger partial charge in [0, 0.05) is 21.9 Å². The summed E-state index contributed by atoms with van der Waals surface area (Å²) in [6, 6.07) is 5.71. The zero-order valence-corrected chi connectivity index (χ0v) is 10.4. The van der Waals surface area contributed by atoms with Crippen LogP contribution in [-0.2, 0) is 6.54 Å². The Bertz CT molecular complexity index is 482. The van der Waals surface area contributed by atoms with Gasteiger partial charge in [0.25, 0.3) is 0 Å². The van der Waals surface area contributed by atoms with Gasteiger partial charge in [0.15, 0.2) is 5.76 Å². The molecule has 0 atom stereocenters. The van der Waals surface area contributed by atoms with Crippen LogP contribution in [0.3, 0.4) is 0 Å². The molecule has 5 heteroatoms. The van der Waals surface area contributed by atoms with E-state index in [1.807, 2.05) is 25.1 Å². The monoisotopic (exact) mass is 281 g/mol. The average molecular weight is 282 g/mol. The van der Waals surface area contributed by atoms with Crippen molar-refractivity contribution in [1.29, 1.82) is 0 Å². The lowest BCUT2D eigenvalue weighted by Gasteiger charge is -2.09. The van der Waals surface area contributed by atoms with Crippen LogP contribution in [0.1, 0.15) is 11.3 Å². The average Bonchev–Trinajstić information content (AvgIpc) is 2.74. The van der Waals surface area contributed by atoms with E-state index in [2.05, 4.69) is 26.4 Å². The fourth-order valence-corrected chi connectivity index (χ4v) is 1.85. The number of benzene rings is 1. The largest absolute Gasteiger partial charge is 0.398 e. The van der Waals surface area contributed by atoms with Crippen molar-refractivity contribution in [3.63, 3.8) is 0 Å².